The van der Waals surface area contributed by atoms with Crippen molar-refractivity contribution < 1.29 is 12.8 Å². The topological polar surface area (TPSA) is 80.1 Å². The molecule has 2 aliphatic heterocycles. The van der Waals surface area contributed by atoms with Gasteiger partial charge in [-0.1, -0.05) is 6.07 Å². The highest BCUT2D eigenvalue weighted by atomic mass is 32.2. The highest BCUT2D eigenvalue weighted by molar-refractivity contribution is 7.89. The number of nitrogens with zero attached hydrogens (tertiary/aromatic N) is 4. The summed E-state index contributed by atoms with van der Waals surface area (Å²) in [6.07, 6.45) is 2.39. The molecule has 1 aromatic carbocycles. The summed E-state index contributed by atoms with van der Waals surface area (Å²) >= 11 is 0. The molecule has 27 heavy (non-hydrogen) atoms. The largest absolute Gasteiger partial charge is 0.315 e. The molecular weight excluding hydrogens is 369 g/mol. The highest BCUT2D eigenvalue weighted by Crippen LogP contribution is 2.31. The molecule has 1 N–H and O–H groups in total. The third-order valence-electron chi connectivity index (χ3n) is 5.35. The minimum atomic E-state index is -3.88. The Bertz CT molecular complexity index is 943. The number of piperidine rings is 1. The highest BCUT2D eigenvalue weighted by Gasteiger charge is 2.35. The molecule has 0 aliphatic carbocycles. The molecule has 0 spiro atoms. The molecule has 2 aromatic rings. The van der Waals surface area contributed by atoms with Gasteiger partial charge in [0.2, 0.25) is 10.0 Å². The molecule has 4 rings (SSSR count). The maximum atomic E-state index is 14.2. The van der Waals surface area contributed by atoms with Crippen LogP contribution >= 0.6 is 0 Å². The fraction of sp³-hybridized carbons (Fsp3) is 0.556. The van der Waals surface area contributed by atoms with Crippen molar-refractivity contribution >= 4 is 10.0 Å². The van der Waals surface area contributed by atoms with Crippen LogP contribution in [0.5, 0.6) is 0 Å². The van der Waals surface area contributed by atoms with Crippen LogP contribution in [0, 0.1) is 12.7 Å². The minimum Gasteiger partial charge on any atom is -0.315 e. The van der Waals surface area contributed by atoms with Gasteiger partial charge in [-0.25, -0.2) is 12.8 Å². The Labute approximate surface area is 158 Å². The van der Waals surface area contributed by atoms with Crippen molar-refractivity contribution in [3.05, 3.63) is 41.2 Å². The van der Waals surface area contributed by atoms with E-state index >= 15 is 0 Å². The standard InChI is InChI=1S/C18H24FN5O2S/c1-13-4-5-15(19)16(11-13)27(25,26)23-9-2-3-14(12-23)18-22-21-17-6-7-20-8-10-24(17)18/h4-5,11,14,20H,2-3,6-10,12H2,1H3. The number of benzene rings is 1. The van der Waals surface area contributed by atoms with E-state index in [0.717, 1.165) is 56.1 Å². The molecule has 9 heteroatoms. The average molecular weight is 393 g/mol. The maximum Gasteiger partial charge on any atom is 0.246 e. The second-order valence-electron chi connectivity index (χ2n) is 7.26. The van der Waals surface area contributed by atoms with Crippen LogP contribution in [0.15, 0.2) is 23.1 Å². The lowest BCUT2D eigenvalue weighted by atomic mass is 9.99. The predicted molar refractivity (Wildman–Crippen MR) is 98.5 cm³/mol. The molecule has 1 unspecified atom stereocenters. The number of halogens is 1. The van der Waals surface area contributed by atoms with Gasteiger partial charge < -0.3 is 9.88 Å². The van der Waals surface area contributed by atoms with E-state index in [1.807, 2.05) is 0 Å². The van der Waals surface area contributed by atoms with Gasteiger partial charge >= 0.3 is 0 Å². The summed E-state index contributed by atoms with van der Waals surface area (Å²) in [5.41, 5.74) is 0.721. The first-order chi connectivity index (χ1) is 13.0. The molecule has 1 atom stereocenters. The molecule has 0 radical (unpaired) electrons. The van der Waals surface area contributed by atoms with Crippen LogP contribution in [0.25, 0.3) is 0 Å². The Morgan fingerprint density at radius 1 is 1.22 bits per heavy atom. The van der Waals surface area contributed by atoms with Crippen molar-refractivity contribution in [1.82, 2.24) is 24.4 Å². The molecule has 3 heterocycles. The smallest absolute Gasteiger partial charge is 0.246 e. The molecule has 1 aromatic heterocycles. The number of hydrogen-bond acceptors (Lipinski definition) is 5. The average Bonchev–Trinajstić information content (AvgIpc) is 2.92. The Hall–Kier alpha value is -1.84. The molecule has 2 aliphatic rings. The zero-order valence-electron chi connectivity index (χ0n) is 15.4. The van der Waals surface area contributed by atoms with Gasteiger partial charge in [-0.3, -0.25) is 0 Å². The molecule has 146 valence electrons. The number of fused-ring (bicyclic) bond motifs is 1. The Balaban J connectivity index is 1.62. The van der Waals surface area contributed by atoms with Gasteiger partial charge in [-0.15, -0.1) is 10.2 Å². The summed E-state index contributed by atoms with van der Waals surface area (Å²) in [6, 6.07) is 4.20. The van der Waals surface area contributed by atoms with Gasteiger partial charge in [0.25, 0.3) is 0 Å². The van der Waals surface area contributed by atoms with Gasteiger partial charge in [0.1, 0.15) is 22.4 Å². The fourth-order valence-electron chi connectivity index (χ4n) is 3.91. The minimum absolute atomic E-state index is 0.0271. The van der Waals surface area contributed by atoms with Crippen LogP contribution in [-0.4, -0.2) is 53.7 Å². The van der Waals surface area contributed by atoms with Gasteiger partial charge in [0.05, 0.1) is 0 Å². The first kappa shape index (κ1) is 18.5. The summed E-state index contributed by atoms with van der Waals surface area (Å²) in [5.74, 6) is 1.06. The van der Waals surface area contributed by atoms with Crippen LogP contribution in [-0.2, 0) is 23.0 Å². The lowest BCUT2D eigenvalue weighted by molar-refractivity contribution is 0.303. The van der Waals surface area contributed by atoms with E-state index < -0.39 is 15.8 Å². The zero-order valence-corrected chi connectivity index (χ0v) is 16.2. The SMILES string of the molecule is Cc1ccc(F)c(S(=O)(=O)N2CCCC(c3nnc4n3CCNCC4)C2)c1. The van der Waals surface area contributed by atoms with Crippen molar-refractivity contribution in [1.29, 1.82) is 0 Å². The lowest BCUT2D eigenvalue weighted by Gasteiger charge is -2.31. The molecule has 0 amide bonds. The number of nitrogens with one attached hydrogen (secondary N) is 1. The van der Waals surface area contributed by atoms with Crippen LogP contribution in [0.1, 0.15) is 36.0 Å². The second kappa shape index (κ2) is 7.29. The monoisotopic (exact) mass is 393 g/mol. The molecule has 0 bridgehead atoms. The van der Waals surface area contributed by atoms with Crippen LogP contribution in [0.2, 0.25) is 0 Å². The Morgan fingerprint density at radius 3 is 2.93 bits per heavy atom. The van der Waals surface area contributed by atoms with Gasteiger partial charge in [0.15, 0.2) is 0 Å². The zero-order chi connectivity index (χ0) is 19.0. The van der Waals surface area contributed by atoms with Crippen molar-refractivity contribution in [2.75, 3.05) is 26.2 Å². The number of hydrogen-bond donors (Lipinski definition) is 1. The van der Waals surface area contributed by atoms with Gasteiger partial charge in [0, 0.05) is 45.1 Å². The first-order valence-electron chi connectivity index (χ1n) is 9.36. The summed E-state index contributed by atoms with van der Waals surface area (Å²) in [7, 11) is -3.88. The molecule has 7 nitrogen and oxygen atoms in total. The Morgan fingerprint density at radius 2 is 2.07 bits per heavy atom. The maximum absolute atomic E-state index is 14.2. The van der Waals surface area contributed by atoms with E-state index in [4.69, 9.17) is 0 Å². The normalized spacial score (nSPS) is 21.6. The predicted octanol–water partition coefficient (Wildman–Crippen LogP) is 1.44. The van der Waals surface area contributed by atoms with E-state index in [0.29, 0.717) is 13.1 Å². The van der Waals surface area contributed by atoms with Crippen molar-refractivity contribution in [3.63, 3.8) is 0 Å². The number of aryl methyl sites for hydroxylation is 1. The van der Waals surface area contributed by atoms with Crippen LogP contribution < -0.4 is 5.32 Å². The van der Waals surface area contributed by atoms with Crippen molar-refractivity contribution in [2.45, 2.75) is 43.5 Å². The lowest BCUT2D eigenvalue weighted by Crippen LogP contribution is -2.40. The number of aromatic nitrogens is 3. The van der Waals surface area contributed by atoms with Crippen LogP contribution in [0.4, 0.5) is 4.39 Å². The van der Waals surface area contributed by atoms with E-state index in [1.165, 1.54) is 16.4 Å². The summed E-state index contributed by atoms with van der Waals surface area (Å²) in [5, 5.41) is 12.0. The summed E-state index contributed by atoms with van der Waals surface area (Å²) in [4.78, 5) is -0.243. The molecule has 1 fully saturated rings. The molecule has 1 saturated heterocycles. The van der Waals surface area contributed by atoms with E-state index in [9.17, 15) is 12.8 Å². The number of rotatable bonds is 3. The second-order valence-corrected chi connectivity index (χ2v) is 9.17. The van der Waals surface area contributed by atoms with E-state index in [1.54, 1.807) is 13.0 Å². The quantitative estimate of drug-likeness (QED) is 0.854. The van der Waals surface area contributed by atoms with Crippen LogP contribution in [0.3, 0.4) is 0 Å². The molecule has 0 saturated carbocycles. The fourth-order valence-corrected chi connectivity index (χ4v) is 5.59. The van der Waals surface area contributed by atoms with E-state index in [2.05, 4.69) is 20.1 Å². The third-order valence-corrected chi connectivity index (χ3v) is 7.23. The summed E-state index contributed by atoms with van der Waals surface area (Å²) < 4.78 is 43.8. The Kier molecular flexibility index (Phi) is 5.00. The van der Waals surface area contributed by atoms with E-state index in [-0.39, 0.29) is 10.8 Å². The van der Waals surface area contributed by atoms with Crippen molar-refractivity contribution in [2.24, 2.45) is 0 Å². The number of sulfonamides is 1. The third kappa shape index (κ3) is 3.51. The van der Waals surface area contributed by atoms with Gasteiger partial charge in [-0.05, 0) is 37.5 Å². The first-order valence-corrected chi connectivity index (χ1v) is 10.8. The van der Waals surface area contributed by atoms with Gasteiger partial charge in [-0.2, -0.15) is 4.31 Å². The molecular formula is C18H24FN5O2S. The van der Waals surface area contributed by atoms with Crippen molar-refractivity contribution in [3.8, 4) is 0 Å². The summed E-state index contributed by atoms with van der Waals surface area (Å²) in [6.45, 7) is 4.97.